The minimum atomic E-state index is -0.176. The van der Waals surface area contributed by atoms with Crippen LogP contribution in [-0.4, -0.2) is 161 Å². The first kappa shape index (κ1) is 56.7. The summed E-state index contributed by atoms with van der Waals surface area (Å²) in [7, 11) is 6.10. The molecule has 0 amide bonds. The molecular weight excluding hydrogens is 1020 g/mol. The fraction of sp³-hybridized carbons (Fsp3) is 0.450. The minimum absolute atomic E-state index is 0.0594. The van der Waals surface area contributed by atoms with Gasteiger partial charge in [0.25, 0.3) is 0 Å². The van der Waals surface area contributed by atoms with Gasteiger partial charge in [0.15, 0.2) is 0 Å². The van der Waals surface area contributed by atoms with Gasteiger partial charge >= 0.3 is 0 Å². The second-order valence-corrected chi connectivity index (χ2v) is 21.7. The molecule has 3 aliphatic carbocycles. The first-order valence-corrected chi connectivity index (χ1v) is 28.6. The van der Waals surface area contributed by atoms with Gasteiger partial charge in [0, 0.05) is 139 Å². The Hall–Kier alpha value is -7.53. The zero-order valence-electron chi connectivity index (χ0n) is 46.7. The van der Waals surface area contributed by atoms with E-state index in [0.29, 0.717) is 42.5 Å². The standard InChI is InChI=1S/C21H28N6O.C20H26N6O.C19H23N5O2/c1-26(2)12-13-27-14-18(17-4-3-10-22-20(17)27)19-9-11-23-21(25-19)24-15-5-7-16(28)8-6-15;1-21-11-12-26-13-17(16-3-2-9-22-19(16)26)18-8-10-23-20(25-18)24-14-4-6-15(27)7-5-14;25-11-10-24-12-16(15-2-1-8-20-18(15)24)17-7-9-21-19(23-17)22-13-3-5-14(26)6-4-13/h3-4,9-11,14-16,28H,5-8,12-13H2,1-2H3,(H,23,24,25);2-3,8-10,13-15,21,27H,4-7,11-12H2,1H3,(H,23,24,25);1-2,7-9,12-14,25-26H,3-6,10-11H2,(H,21,22,23). The highest BCUT2D eigenvalue weighted by Crippen LogP contribution is 2.33. The van der Waals surface area contributed by atoms with Crippen LogP contribution in [0.2, 0.25) is 0 Å². The highest BCUT2D eigenvalue weighted by molar-refractivity contribution is 5.95. The normalized spacial score (nSPS) is 20.1. The van der Waals surface area contributed by atoms with Gasteiger partial charge in [-0.25, -0.2) is 44.9 Å². The predicted molar refractivity (Wildman–Crippen MR) is 318 cm³/mol. The molecule has 426 valence electrons. The van der Waals surface area contributed by atoms with Crippen molar-refractivity contribution in [2.75, 3.05) is 56.8 Å². The van der Waals surface area contributed by atoms with Gasteiger partial charge in [0.1, 0.15) is 16.9 Å². The summed E-state index contributed by atoms with van der Waals surface area (Å²) in [6.07, 6.45) is 27.1. The number of fused-ring (bicyclic) bond motifs is 3. The molecule has 0 atom stereocenters. The van der Waals surface area contributed by atoms with Crippen LogP contribution in [0.15, 0.2) is 110 Å². The number of rotatable bonds is 17. The predicted octanol–water partition coefficient (Wildman–Crippen LogP) is 7.40. The monoisotopic (exact) mass is 1100 g/mol. The topological polar surface area (TPSA) is 263 Å². The molecule has 3 saturated carbocycles. The number of nitrogens with one attached hydrogen (secondary N) is 4. The Balaban J connectivity index is 0.000000136. The van der Waals surface area contributed by atoms with Crippen LogP contribution in [-0.2, 0) is 19.6 Å². The number of anilines is 3. The highest BCUT2D eigenvalue weighted by atomic mass is 16.3. The zero-order chi connectivity index (χ0) is 56.1. The van der Waals surface area contributed by atoms with Crippen molar-refractivity contribution in [3.05, 3.63) is 110 Å². The highest BCUT2D eigenvalue weighted by Gasteiger charge is 2.24. The van der Waals surface area contributed by atoms with E-state index >= 15 is 0 Å². The van der Waals surface area contributed by atoms with Crippen molar-refractivity contribution in [3.8, 4) is 33.8 Å². The number of aliphatic hydroxyl groups excluding tert-OH is 4. The van der Waals surface area contributed by atoms with E-state index in [0.717, 1.165) is 170 Å². The third-order valence-corrected chi connectivity index (χ3v) is 15.5. The van der Waals surface area contributed by atoms with E-state index in [9.17, 15) is 20.4 Å². The molecule has 9 heterocycles. The van der Waals surface area contributed by atoms with E-state index in [2.05, 4.69) is 104 Å². The molecule has 0 aromatic carbocycles. The molecule has 9 aromatic rings. The molecule has 81 heavy (non-hydrogen) atoms. The van der Waals surface area contributed by atoms with Crippen LogP contribution in [0.3, 0.4) is 0 Å². The van der Waals surface area contributed by atoms with Crippen molar-refractivity contribution in [3.63, 3.8) is 0 Å². The molecule has 8 N–H and O–H groups in total. The molecule has 0 unspecified atom stereocenters. The van der Waals surface area contributed by atoms with Crippen molar-refractivity contribution >= 4 is 50.9 Å². The summed E-state index contributed by atoms with van der Waals surface area (Å²) < 4.78 is 6.31. The molecule has 12 rings (SSSR count). The van der Waals surface area contributed by atoms with Gasteiger partial charge in [-0.1, -0.05) is 0 Å². The van der Waals surface area contributed by atoms with Crippen LogP contribution >= 0.6 is 0 Å². The van der Waals surface area contributed by atoms with Gasteiger partial charge in [-0.2, -0.15) is 0 Å². The van der Waals surface area contributed by atoms with E-state index in [4.69, 9.17) is 15.0 Å². The van der Waals surface area contributed by atoms with Crippen molar-refractivity contribution in [2.24, 2.45) is 0 Å². The summed E-state index contributed by atoms with van der Waals surface area (Å²) in [6.45, 7) is 4.11. The Bertz CT molecular complexity index is 3430. The first-order valence-electron chi connectivity index (χ1n) is 28.6. The lowest BCUT2D eigenvalue weighted by Crippen LogP contribution is -2.28. The number of nitrogens with zero attached hydrogens (tertiary/aromatic N) is 13. The molecule has 0 radical (unpaired) electrons. The average molecular weight is 1100 g/mol. The van der Waals surface area contributed by atoms with Crippen molar-refractivity contribution < 1.29 is 20.4 Å². The summed E-state index contributed by atoms with van der Waals surface area (Å²) >= 11 is 0. The maximum absolute atomic E-state index is 9.70. The van der Waals surface area contributed by atoms with Crippen LogP contribution in [0.1, 0.15) is 77.0 Å². The second kappa shape index (κ2) is 27.3. The molecule has 21 heteroatoms. The van der Waals surface area contributed by atoms with E-state index in [1.54, 1.807) is 18.6 Å². The second-order valence-electron chi connectivity index (χ2n) is 21.7. The largest absolute Gasteiger partial charge is 0.395 e. The molecule has 9 aromatic heterocycles. The lowest BCUT2D eigenvalue weighted by Gasteiger charge is -2.26. The van der Waals surface area contributed by atoms with Gasteiger partial charge in [0.2, 0.25) is 17.8 Å². The van der Waals surface area contributed by atoms with E-state index in [1.807, 2.05) is 78.9 Å². The van der Waals surface area contributed by atoms with Crippen molar-refractivity contribution in [1.29, 1.82) is 0 Å². The third-order valence-electron chi connectivity index (χ3n) is 15.5. The van der Waals surface area contributed by atoms with Crippen LogP contribution in [0.25, 0.3) is 66.9 Å². The minimum Gasteiger partial charge on any atom is -0.395 e. The summed E-state index contributed by atoms with van der Waals surface area (Å²) in [5.41, 5.74) is 8.53. The Morgan fingerprint density at radius 2 is 0.802 bits per heavy atom. The fourth-order valence-electron chi connectivity index (χ4n) is 11.1. The van der Waals surface area contributed by atoms with Gasteiger partial charge in [-0.3, -0.25) is 0 Å². The van der Waals surface area contributed by atoms with E-state index < -0.39 is 0 Å². The first-order chi connectivity index (χ1) is 39.6. The summed E-state index contributed by atoms with van der Waals surface area (Å²) in [6, 6.07) is 18.8. The van der Waals surface area contributed by atoms with Crippen LogP contribution in [0, 0.1) is 0 Å². The number of hydrogen-bond acceptors (Lipinski definition) is 18. The lowest BCUT2D eigenvalue weighted by atomic mass is 9.93. The molecule has 3 fully saturated rings. The molecule has 21 nitrogen and oxygen atoms in total. The Labute approximate surface area is 472 Å². The number of likely N-dealkylation sites (N-methyl/N-ethyl adjacent to an activating group) is 2. The van der Waals surface area contributed by atoms with Gasteiger partial charge in [-0.05, 0) is 153 Å². The number of aromatic nitrogens is 12. The van der Waals surface area contributed by atoms with Gasteiger partial charge in [-0.15, -0.1) is 0 Å². The lowest BCUT2D eigenvalue weighted by molar-refractivity contribution is 0.125. The van der Waals surface area contributed by atoms with E-state index in [1.165, 1.54) is 0 Å². The maximum Gasteiger partial charge on any atom is 0.223 e. The van der Waals surface area contributed by atoms with Crippen LogP contribution in [0.4, 0.5) is 17.8 Å². The Morgan fingerprint density at radius 1 is 0.457 bits per heavy atom. The summed E-state index contributed by atoms with van der Waals surface area (Å²) in [4.78, 5) is 43.1. The molecule has 0 saturated heterocycles. The Morgan fingerprint density at radius 3 is 1.14 bits per heavy atom. The van der Waals surface area contributed by atoms with Crippen molar-refractivity contribution in [2.45, 2.75) is 133 Å². The average Bonchev–Trinajstić information content (AvgIpc) is 4.38. The number of pyridine rings is 3. The van der Waals surface area contributed by atoms with Crippen LogP contribution in [0.5, 0.6) is 0 Å². The summed E-state index contributed by atoms with van der Waals surface area (Å²) in [5.74, 6) is 1.90. The van der Waals surface area contributed by atoms with Gasteiger partial charge < -0.3 is 60.3 Å². The maximum atomic E-state index is 9.70. The SMILES string of the molecule is CN(C)CCn1cc(-c2ccnc(NC3CCC(O)CC3)n2)c2cccnc21.CNCCn1cc(-c2ccnc(NC3CCC(O)CC3)n2)c2cccnc21.OCCn1cc(-c2ccnc(NC3CCC(O)CC3)n2)c2cccnc21. The smallest absolute Gasteiger partial charge is 0.223 e. The molecule has 3 aliphatic rings. The number of hydrogen-bond donors (Lipinski definition) is 8. The zero-order valence-corrected chi connectivity index (χ0v) is 46.7. The third kappa shape index (κ3) is 14.5. The molecule has 0 bridgehead atoms. The van der Waals surface area contributed by atoms with E-state index in [-0.39, 0.29) is 24.9 Å². The Kier molecular flexibility index (Phi) is 19.1. The van der Waals surface area contributed by atoms with Gasteiger partial charge in [0.05, 0.1) is 42.0 Å². The molecular formula is C60H77N17O4. The molecule has 0 spiro atoms. The molecule has 0 aliphatic heterocycles. The van der Waals surface area contributed by atoms with Crippen molar-refractivity contribution in [1.82, 2.24) is 68.8 Å². The fourth-order valence-corrected chi connectivity index (χ4v) is 11.1. The quantitative estimate of drug-likeness (QED) is 0.0442. The summed E-state index contributed by atoms with van der Waals surface area (Å²) in [5, 5.41) is 55.0. The number of aliphatic hydroxyl groups is 4. The van der Waals surface area contributed by atoms with Crippen LogP contribution < -0.4 is 21.3 Å².